The van der Waals surface area contributed by atoms with Crippen LogP contribution in [0.2, 0.25) is 0 Å². The zero-order valence-corrected chi connectivity index (χ0v) is 3.71. The molecule has 0 aromatic carbocycles. The minimum absolute atomic E-state index is 0. The lowest BCUT2D eigenvalue weighted by atomic mass is 13.1. The Balaban J connectivity index is -0.00000000450. The van der Waals surface area contributed by atoms with Crippen LogP contribution in [0.15, 0.2) is 0 Å². The van der Waals surface area contributed by atoms with Crippen molar-refractivity contribution in [1.82, 2.24) is 0 Å². The van der Waals surface area contributed by atoms with Crippen molar-refractivity contribution >= 4 is 17.4 Å². The van der Waals surface area contributed by atoms with Crippen LogP contribution in [0.3, 0.4) is 0 Å². The smallest absolute Gasteiger partial charge is 0.291 e. The van der Waals surface area contributed by atoms with Crippen molar-refractivity contribution in [3.05, 3.63) is 10.1 Å². The summed E-state index contributed by atoms with van der Waals surface area (Å²) < 4.78 is 0. The van der Waals surface area contributed by atoms with Crippen molar-refractivity contribution in [3.63, 3.8) is 0 Å². The van der Waals surface area contributed by atoms with E-state index in [0.717, 1.165) is 0 Å². The molecule has 0 spiro atoms. The van der Waals surface area contributed by atoms with Gasteiger partial charge >= 0.3 is 0 Å². The largest absolute Gasteiger partial charge is 0.412 e. The van der Waals surface area contributed by atoms with Gasteiger partial charge in [-0.15, -0.1) is 10.1 Å². The predicted octanol–water partition coefficient (Wildman–Crippen LogP) is -4.83. The van der Waals surface area contributed by atoms with Crippen LogP contribution >= 0.6 is 0 Å². The van der Waals surface area contributed by atoms with E-state index in [4.69, 9.17) is 15.3 Å². The first-order valence-electron chi connectivity index (χ1n) is 0.565. The molecule has 9 N–H and O–H groups in total. The van der Waals surface area contributed by atoms with Crippen LogP contribution < -0.4 is 0 Å². The van der Waals surface area contributed by atoms with Crippen molar-refractivity contribution in [2.45, 2.75) is 0 Å². The quantitative estimate of drug-likeness (QED) is 0.214. The summed E-state index contributed by atoms with van der Waals surface area (Å²) >= 11 is 0. The molecular formula is H12AlNO7. The Morgan fingerprint density at radius 2 is 1.11 bits per heavy atom. The normalized spacial score (nSPS) is 2.67. The van der Waals surface area contributed by atoms with E-state index in [-0.39, 0.29) is 39.3 Å². The van der Waals surface area contributed by atoms with E-state index in [0.29, 0.717) is 0 Å². The highest BCUT2D eigenvalue weighted by Gasteiger charge is 1.65. The van der Waals surface area contributed by atoms with Crippen LogP contribution in [0.5, 0.6) is 0 Å². The SMILES string of the molecule is O.O.O.O.O=[N+]([O-])O.[AlH3]. The molecule has 0 unspecified atom stereocenters. The molecule has 0 fully saturated rings. The molecule has 0 atom stereocenters. The Kier molecular flexibility index (Phi) is 408. The summed E-state index contributed by atoms with van der Waals surface area (Å²) in [6, 6.07) is 0. The molecule has 0 bridgehead atoms. The van der Waals surface area contributed by atoms with Crippen LogP contribution in [0, 0.1) is 10.1 Å². The van der Waals surface area contributed by atoms with E-state index in [1.807, 2.05) is 0 Å². The molecule has 0 aliphatic heterocycles. The maximum absolute atomic E-state index is 8.36. The summed E-state index contributed by atoms with van der Waals surface area (Å²) in [4.78, 5) is 8.36. The van der Waals surface area contributed by atoms with Gasteiger partial charge in [-0.3, -0.25) is 0 Å². The second kappa shape index (κ2) is 49.4. The molecule has 0 aromatic rings. The van der Waals surface area contributed by atoms with Crippen molar-refractivity contribution in [2.75, 3.05) is 0 Å². The van der Waals surface area contributed by atoms with E-state index in [1.165, 1.54) is 0 Å². The Bertz CT molecular complexity index is 31.9. The van der Waals surface area contributed by atoms with E-state index in [2.05, 4.69) is 0 Å². The molecule has 62 valence electrons. The van der Waals surface area contributed by atoms with Gasteiger partial charge in [0.2, 0.25) is 0 Å². The first kappa shape index (κ1) is 74.3. The lowest BCUT2D eigenvalue weighted by molar-refractivity contribution is -0.742. The maximum Gasteiger partial charge on any atom is 0.291 e. The van der Waals surface area contributed by atoms with Crippen LogP contribution in [-0.2, 0) is 0 Å². The van der Waals surface area contributed by atoms with Crippen molar-refractivity contribution < 1.29 is 32.2 Å². The van der Waals surface area contributed by atoms with Gasteiger partial charge in [-0.1, -0.05) is 0 Å². The van der Waals surface area contributed by atoms with Crippen LogP contribution in [0.25, 0.3) is 0 Å². The lowest BCUT2D eigenvalue weighted by Crippen LogP contribution is -1.81. The summed E-state index contributed by atoms with van der Waals surface area (Å²) in [6.07, 6.45) is 0. The van der Waals surface area contributed by atoms with Crippen molar-refractivity contribution in [1.29, 1.82) is 0 Å². The Morgan fingerprint density at radius 1 is 1.11 bits per heavy atom. The molecule has 0 amide bonds. The monoisotopic (exact) mass is 165 g/mol. The summed E-state index contributed by atoms with van der Waals surface area (Å²) in [5.41, 5.74) is 0. The van der Waals surface area contributed by atoms with Crippen molar-refractivity contribution in [2.24, 2.45) is 0 Å². The van der Waals surface area contributed by atoms with E-state index in [1.54, 1.807) is 0 Å². The first-order chi connectivity index (χ1) is 1.73. The van der Waals surface area contributed by atoms with Gasteiger partial charge in [0.15, 0.2) is 17.4 Å². The molecule has 0 aliphatic rings. The zero-order chi connectivity index (χ0) is 3.58. The number of nitrogens with zero attached hydrogens (tertiary/aromatic N) is 1. The lowest BCUT2D eigenvalue weighted by Gasteiger charge is -1.56. The predicted molar refractivity (Wildman–Crippen MR) is 33.2 cm³/mol. The molecule has 0 saturated heterocycles. The summed E-state index contributed by atoms with van der Waals surface area (Å²) in [5.74, 6) is 0. The van der Waals surface area contributed by atoms with Crippen LogP contribution in [0.1, 0.15) is 0 Å². The Hall–Kier alpha value is -0.428. The first-order valence-corrected chi connectivity index (χ1v) is 0.565. The number of hydrogen-bond acceptors (Lipinski definition) is 2. The molecule has 0 aliphatic carbocycles. The average Bonchev–Trinajstić information content (AvgIpc) is 0.811. The zero-order valence-electron chi connectivity index (χ0n) is 3.71. The fourth-order valence-electron chi connectivity index (χ4n) is 0. The van der Waals surface area contributed by atoms with Gasteiger partial charge in [-0.2, -0.15) is 0 Å². The molecule has 9 heavy (non-hydrogen) atoms. The molecular weight excluding hydrogens is 153 g/mol. The van der Waals surface area contributed by atoms with E-state index in [9.17, 15) is 0 Å². The third-order valence-corrected chi connectivity index (χ3v) is 0. The molecule has 0 aromatic heterocycles. The Morgan fingerprint density at radius 3 is 1.11 bits per heavy atom. The fraction of sp³-hybridized carbons (Fsp3) is 0. The van der Waals surface area contributed by atoms with Crippen LogP contribution in [0.4, 0.5) is 0 Å². The number of hydrogen-bond donors (Lipinski definition) is 1. The molecule has 0 heterocycles. The van der Waals surface area contributed by atoms with Gasteiger partial charge in [0.25, 0.3) is 5.09 Å². The molecule has 0 rings (SSSR count). The molecule has 0 radical (unpaired) electrons. The van der Waals surface area contributed by atoms with Gasteiger partial charge in [0.05, 0.1) is 0 Å². The maximum atomic E-state index is 8.36. The Labute approximate surface area is 60.6 Å². The summed E-state index contributed by atoms with van der Waals surface area (Å²) in [7, 11) is 0. The second-order valence-corrected chi connectivity index (χ2v) is 0.238. The van der Waals surface area contributed by atoms with Crippen molar-refractivity contribution in [3.8, 4) is 0 Å². The molecule has 8 nitrogen and oxygen atoms in total. The standard InChI is InChI=1S/Al.HNO3.4H2O.3H/c;2-1(3)4;;;;;;;/h;(H,2,3,4);4*1H2;;;. The molecule has 9 heteroatoms. The molecule has 0 saturated carbocycles. The van der Waals surface area contributed by atoms with E-state index < -0.39 is 5.09 Å². The van der Waals surface area contributed by atoms with Gasteiger partial charge in [-0.05, 0) is 0 Å². The highest BCUT2D eigenvalue weighted by molar-refractivity contribution is 5.75. The summed E-state index contributed by atoms with van der Waals surface area (Å²) in [6.45, 7) is 0. The van der Waals surface area contributed by atoms with E-state index >= 15 is 0 Å². The van der Waals surface area contributed by atoms with Gasteiger partial charge in [-0.25, -0.2) is 0 Å². The van der Waals surface area contributed by atoms with Gasteiger partial charge in [0.1, 0.15) is 0 Å². The minimum Gasteiger partial charge on any atom is -0.412 e. The minimum atomic E-state index is -1.50. The highest BCUT2D eigenvalue weighted by atomic mass is 27.0. The highest BCUT2D eigenvalue weighted by Crippen LogP contribution is 1.38. The third kappa shape index (κ3) is 1290. The van der Waals surface area contributed by atoms with Crippen LogP contribution in [-0.4, -0.2) is 49.6 Å². The van der Waals surface area contributed by atoms with Gasteiger partial charge < -0.3 is 27.1 Å². The topological polar surface area (TPSA) is 189 Å². The number of rotatable bonds is 0. The second-order valence-electron chi connectivity index (χ2n) is 0.238. The average molecular weight is 165 g/mol. The van der Waals surface area contributed by atoms with Gasteiger partial charge in [0, 0.05) is 0 Å². The third-order valence-electron chi connectivity index (χ3n) is 0. The summed E-state index contributed by atoms with van der Waals surface area (Å²) in [5, 5.41) is 13.6. The fourth-order valence-corrected chi connectivity index (χ4v) is 0.